The molecule has 2 rings (SSSR count). The van der Waals surface area contributed by atoms with Gasteiger partial charge in [-0.25, -0.2) is 0 Å². The molecule has 8 atom stereocenters. The number of phenols is 1. The first-order chi connectivity index (χ1) is 32.9. The summed E-state index contributed by atoms with van der Waals surface area (Å²) in [4.78, 5) is 143. The number of rotatable bonds is 34. The van der Waals surface area contributed by atoms with E-state index in [0.29, 0.717) is 12.0 Å². The largest absolute Gasteiger partial charge is 0.508 e. The van der Waals surface area contributed by atoms with E-state index in [1.54, 1.807) is 0 Å². The molecule has 0 radical (unpaired) electrons. The van der Waals surface area contributed by atoms with Crippen LogP contribution in [0.4, 0.5) is 0 Å². The van der Waals surface area contributed by atoms with Gasteiger partial charge >= 0.3 is 0 Å². The summed E-state index contributed by atoms with van der Waals surface area (Å²) in [5.74, 6) is -9.92. The zero-order chi connectivity index (χ0) is 52.7. The topological polar surface area (TPSA) is 434 Å². The SMILES string of the molecule is CC[C@H](C)CC(=O)N[C@@H](CCC(N)=O)C(=O)N[C@@H](CC(N)=O)C(=O)N[C@@H](CSSC[C@H](N)C(=O)N[C@@H](Cc1ccc(O)cc1)C(N)=O)C(=O)N(CC(=O)N[C@@H](CC1CC1)C(=O)NCC(N)=O)CC(C)O. The monoisotopic (exact) mass is 1020 g/mol. The quantitative estimate of drug-likeness (QED) is 0.0230. The summed E-state index contributed by atoms with van der Waals surface area (Å²) in [5, 5.41) is 34.8. The van der Waals surface area contributed by atoms with Gasteiger partial charge in [-0.3, -0.25) is 52.7 Å². The Labute approximate surface area is 413 Å². The third-order valence-electron chi connectivity index (χ3n) is 10.6. The average Bonchev–Trinajstić information content (AvgIpc) is 4.10. The summed E-state index contributed by atoms with van der Waals surface area (Å²) in [5.41, 5.74) is 28.2. The number of aliphatic hydroxyl groups excluding tert-OH is 1. The van der Waals surface area contributed by atoms with Gasteiger partial charge in [0.25, 0.3) is 0 Å². The van der Waals surface area contributed by atoms with Gasteiger partial charge in [0.2, 0.25) is 65.0 Å². The van der Waals surface area contributed by atoms with Crippen LogP contribution in [0.25, 0.3) is 0 Å². The molecule has 0 heterocycles. The van der Waals surface area contributed by atoms with Crippen LogP contribution < -0.4 is 60.6 Å². The number of hydrogen-bond donors (Lipinski definition) is 13. The fourth-order valence-corrected chi connectivity index (χ4v) is 8.76. The summed E-state index contributed by atoms with van der Waals surface area (Å²) in [6.45, 7) is 3.25. The lowest BCUT2D eigenvalue weighted by Crippen LogP contribution is -2.59. The van der Waals surface area contributed by atoms with E-state index in [1.807, 2.05) is 13.8 Å². The van der Waals surface area contributed by atoms with E-state index in [4.69, 9.17) is 28.7 Å². The molecule has 1 unspecified atom stereocenters. The van der Waals surface area contributed by atoms with Crippen LogP contribution in [0, 0.1) is 11.8 Å². The lowest BCUT2D eigenvalue weighted by molar-refractivity contribution is -0.141. The van der Waals surface area contributed by atoms with Gasteiger partial charge in [0.1, 0.15) is 36.0 Å². The minimum absolute atomic E-state index is 0.0117. The van der Waals surface area contributed by atoms with Crippen molar-refractivity contribution in [2.75, 3.05) is 31.1 Å². The maximum Gasteiger partial charge on any atom is 0.246 e. The number of benzene rings is 1. The van der Waals surface area contributed by atoms with E-state index in [2.05, 4.69) is 31.9 Å². The lowest BCUT2D eigenvalue weighted by Gasteiger charge is -2.30. The molecular weight excluding hydrogens is 957 g/mol. The van der Waals surface area contributed by atoms with E-state index in [0.717, 1.165) is 39.3 Å². The molecule has 0 aromatic heterocycles. The van der Waals surface area contributed by atoms with Crippen molar-refractivity contribution >= 4 is 86.6 Å². The van der Waals surface area contributed by atoms with E-state index < -0.39 is 133 Å². The average molecular weight is 1030 g/mol. The summed E-state index contributed by atoms with van der Waals surface area (Å²) in [7, 11) is 1.88. The number of carbonyl (C=O) groups is 11. The van der Waals surface area contributed by atoms with Crippen LogP contribution in [-0.2, 0) is 59.2 Å². The Morgan fingerprint density at radius 1 is 0.700 bits per heavy atom. The molecule has 1 aliphatic carbocycles. The number of primary amides is 4. The number of nitrogens with one attached hydrogen (secondary N) is 6. The van der Waals surface area contributed by atoms with Crippen molar-refractivity contribution in [1.82, 2.24) is 36.8 Å². The zero-order valence-corrected chi connectivity index (χ0v) is 41.1. The molecule has 0 aliphatic heterocycles. The highest BCUT2D eigenvalue weighted by molar-refractivity contribution is 8.76. The molecule has 0 bridgehead atoms. The minimum atomic E-state index is -1.77. The van der Waals surface area contributed by atoms with Crippen LogP contribution >= 0.6 is 21.6 Å². The van der Waals surface area contributed by atoms with Gasteiger partial charge < -0.3 is 75.7 Å². The zero-order valence-electron chi connectivity index (χ0n) is 39.4. The first kappa shape index (κ1) is 59.9. The van der Waals surface area contributed by atoms with Crippen LogP contribution in [-0.4, -0.2) is 154 Å². The molecule has 1 saturated carbocycles. The highest BCUT2D eigenvalue weighted by Gasteiger charge is 2.35. The van der Waals surface area contributed by atoms with Gasteiger partial charge in [-0.2, -0.15) is 0 Å². The molecule has 25 nitrogen and oxygen atoms in total. The molecule has 1 aromatic rings. The normalized spacial score (nSPS) is 15.4. The second-order valence-electron chi connectivity index (χ2n) is 17.2. The van der Waals surface area contributed by atoms with Gasteiger partial charge in [-0.15, -0.1) is 0 Å². The van der Waals surface area contributed by atoms with Crippen molar-refractivity contribution in [3.8, 4) is 5.75 Å². The maximum absolute atomic E-state index is 14.4. The van der Waals surface area contributed by atoms with Gasteiger partial charge in [0.05, 0.1) is 31.7 Å². The third kappa shape index (κ3) is 23.9. The number of aliphatic hydroxyl groups is 1. The molecule has 70 heavy (non-hydrogen) atoms. The second kappa shape index (κ2) is 30.4. The summed E-state index contributed by atoms with van der Waals surface area (Å²) >= 11 is 0. The van der Waals surface area contributed by atoms with Gasteiger partial charge in [-0.1, -0.05) is 66.8 Å². The molecule has 1 aliphatic rings. The summed E-state index contributed by atoms with van der Waals surface area (Å²) in [6, 6.07) is -2.45. The first-order valence-corrected chi connectivity index (χ1v) is 25.0. The van der Waals surface area contributed by atoms with Gasteiger partial charge in [0, 0.05) is 37.3 Å². The molecule has 27 heteroatoms. The fraction of sp³-hybridized carbons (Fsp3) is 0.605. The summed E-state index contributed by atoms with van der Waals surface area (Å²) in [6.07, 6.45) is -0.229. The molecule has 0 saturated heterocycles. The Bertz CT molecular complexity index is 2010. The Kier molecular flexibility index (Phi) is 26.0. The van der Waals surface area contributed by atoms with Crippen LogP contribution in [0.15, 0.2) is 24.3 Å². The minimum Gasteiger partial charge on any atom is -0.508 e. The van der Waals surface area contributed by atoms with E-state index in [1.165, 1.54) is 31.2 Å². The van der Waals surface area contributed by atoms with Crippen molar-refractivity contribution < 1.29 is 63.0 Å². The highest BCUT2D eigenvalue weighted by atomic mass is 33.1. The molecule has 18 N–H and O–H groups in total. The van der Waals surface area contributed by atoms with Crippen LogP contribution in [0.1, 0.15) is 77.7 Å². The van der Waals surface area contributed by atoms with Crippen molar-refractivity contribution in [3.05, 3.63) is 29.8 Å². The Morgan fingerprint density at radius 3 is 1.84 bits per heavy atom. The molecule has 1 fully saturated rings. The van der Waals surface area contributed by atoms with Crippen molar-refractivity contribution in [2.45, 2.75) is 121 Å². The number of aromatic hydroxyl groups is 1. The Hall–Kier alpha value is -6.19. The number of hydrogen-bond acceptors (Lipinski definition) is 16. The van der Waals surface area contributed by atoms with Crippen molar-refractivity contribution in [1.29, 1.82) is 0 Å². The fourth-order valence-electron chi connectivity index (χ4n) is 6.48. The van der Waals surface area contributed by atoms with Gasteiger partial charge in [0.15, 0.2) is 0 Å². The smallest absolute Gasteiger partial charge is 0.246 e. The van der Waals surface area contributed by atoms with E-state index in [-0.39, 0.29) is 61.2 Å². The number of amides is 11. The van der Waals surface area contributed by atoms with Crippen LogP contribution in [0.2, 0.25) is 0 Å². The Morgan fingerprint density at radius 2 is 1.29 bits per heavy atom. The predicted molar refractivity (Wildman–Crippen MR) is 258 cm³/mol. The molecular formula is C43H68N12O13S2. The standard InChI is InChI=1S/C43H68N12O13S2/c1-4-22(2)13-36(61)50-28(11-12-33(45)58)41(66)53-31(16-34(46)59)42(67)54-32(21-70-69-20-27(44)39(64)52-29(38(48)63)14-25-7-9-26(57)10-8-25)43(68)55(18-23(3)56)19-37(62)51-30(15-24-5-6-24)40(65)49-17-35(47)60/h7-10,22-24,27-32,56-57H,4-6,11-21,44H2,1-3H3,(H2,45,58)(H2,46,59)(H2,47,60)(H2,48,63)(H,49,65)(H,50,61)(H,51,62)(H,52,64)(H,53,66)(H,54,67)/t22-,23?,27-,28-,29-,30-,31-,32-/m0/s1. The third-order valence-corrected chi connectivity index (χ3v) is 13.1. The maximum atomic E-state index is 14.4. The first-order valence-electron chi connectivity index (χ1n) is 22.5. The van der Waals surface area contributed by atoms with Crippen molar-refractivity contribution in [3.63, 3.8) is 0 Å². The molecule has 1 aromatic carbocycles. The van der Waals surface area contributed by atoms with Crippen LogP contribution in [0.3, 0.4) is 0 Å². The van der Waals surface area contributed by atoms with E-state index >= 15 is 0 Å². The van der Waals surface area contributed by atoms with Gasteiger partial charge in [-0.05, 0) is 49.3 Å². The number of nitrogens with zero attached hydrogens (tertiary/aromatic N) is 1. The van der Waals surface area contributed by atoms with Crippen LogP contribution in [0.5, 0.6) is 5.75 Å². The summed E-state index contributed by atoms with van der Waals surface area (Å²) < 4.78 is 0. The number of carbonyl (C=O) groups excluding carboxylic acids is 11. The number of phenolic OH excluding ortho intramolecular Hbond substituents is 1. The molecule has 11 amide bonds. The second-order valence-corrected chi connectivity index (χ2v) is 19.7. The predicted octanol–water partition coefficient (Wildman–Crippen LogP) is -4.26. The molecule has 0 spiro atoms. The number of nitrogens with two attached hydrogens (primary N) is 5. The van der Waals surface area contributed by atoms with Crippen molar-refractivity contribution in [2.24, 2.45) is 40.5 Å². The van der Waals surface area contributed by atoms with E-state index in [9.17, 15) is 63.0 Å². The molecule has 390 valence electrons. The Balaban J connectivity index is 2.40. The highest BCUT2D eigenvalue weighted by Crippen LogP contribution is 2.33. The lowest BCUT2D eigenvalue weighted by atomic mass is 10.0.